The van der Waals surface area contributed by atoms with E-state index in [1.54, 1.807) is 0 Å². The third-order valence-electron chi connectivity index (χ3n) is 2.83. The summed E-state index contributed by atoms with van der Waals surface area (Å²) in [6.45, 7) is 4.29. The summed E-state index contributed by atoms with van der Waals surface area (Å²) < 4.78 is 11.0. The van der Waals surface area contributed by atoms with E-state index >= 15 is 0 Å². The summed E-state index contributed by atoms with van der Waals surface area (Å²) in [5.74, 6) is 1.13. The first-order valence-electron chi connectivity index (χ1n) is 5.69. The number of aromatic nitrogens is 1. The summed E-state index contributed by atoms with van der Waals surface area (Å²) in [7, 11) is 0. The van der Waals surface area contributed by atoms with Gasteiger partial charge in [-0.3, -0.25) is 0 Å². The van der Waals surface area contributed by atoms with Gasteiger partial charge in [-0.15, -0.1) is 0 Å². The Labute approximate surface area is 95.8 Å². The fraction of sp³-hybridized carbons (Fsp3) is 0.583. The van der Waals surface area contributed by atoms with Gasteiger partial charge in [0.15, 0.2) is 0 Å². The molecule has 0 aromatic carbocycles. The largest absolute Gasteiger partial charge is 0.476 e. The molecule has 1 aliphatic rings. The molecule has 2 N–H and O–H groups in total. The number of aryl methyl sites for hydroxylation is 1. The average molecular weight is 222 g/mol. The van der Waals surface area contributed by atoms with Crippen LogP contribution in [0.15, 0.2) is 12.1 Å². The van der Waals surface area contributed by atoms with Crippen LogP contribution in [-0.4, -0.2) is 24.8 Å². The van der Waals surface area contributed by atoms with Crippen molar-refractivity contribution < 1.29 is 9.47 Å². The van der Waals surface area contributed by atoms with Crippen LogP contribution in [0.4, 0.5) is 5.69 Å². The number of hydrogen-bond donors (Lipinski definition) is 1. The Hall–Kier alpha value is -1.29. The highest BCUT2D eigenvalue weighted by Gasteiger charge is 2.15. The lowest BCUT2D eigenvalue weighted by Crippen LogP contribution is -2.22. The molecule has 0 bridgehead atoms. The van der Waals surface area contributed by atoms with Crippen molar-refractivity contribution >= 4 is 5.69 Å². The molecule has 1 aliphatic heterocycles. The third-order valence-corrected chi connectivity index (χ3v) is 2.83. The molecule has 4 nitrogen and oxygen atoms in total. The zero-order chi connectivity index (χ0) is 11.4. The normalized spacial score (nSPS) is 17.3. The van der Waals surface area contributed by atoms with E-state index in [-0.39, 0.29) is 0 Å². The highest BCUT2D eigenvalue weighted by molar-refractivity contribution is 5.48. The van der Waals surface area contributed by atoms with Crippen molar-refractivity contribution in [2.45, 2.75) is 19.8 Å². The first-order chi connectivity index (χ1) is 7.75. The van der Waals surface area contributed by atoms with Crippen molar-refractivity contribution in [3.05, 3.63) is 17.8 Å². The number of hydrogen-bond acceptors (Lipinski definition) is 4. The van der Waals surface area contributed by atoms with Gasteiger partial charge in [0.05, 0.1) is 12.3 Å². The molecule has 0 radical (unpaired) electrons. The van der Waals surface area contributed by atoms with Crippen LogP contribution in [0.3, 0.4) is 0 Å². The molecule has 0 atom stereocenters. The minimum absolute atomic E-state index is 0.562. The Morgan fingerprint density at radius 2 is 2.19 bits per heavy atom. The zero-order valence-electron chi connectivity index (χ0n) is 9.61. The lowest BCUT2D eigenvalue weighted by atomic mass is 10.0. The maximum Gasteiger partial charge on any atom is 0.237 e. The van der Waals surface area contributed by atoms with Gasteiger partial charge in [0.2, 0.25) is 5.88 Å². The number of pyridine rings is 1. The predicted molar refractivity (Wildman–Crippen MR) is 62.4 cm³/mol. The van der Waals surface area contributed by atoms with E-state index in [1.807, 2.05) is 19.1 Å². The van der Waals surface area contributed by atoms with Gasteiger partial charge in [-0.05, 0) is 37.8 Å². The van der Waals surface area contributed by atoms with E-state index in [1.165, 1.54) is 0 Å². The molecular formula is C12H18N2O2. The van der Waals surface area contributed by atoms with Gasteiger partial charge in [0, 0.05) is 18.9 Å². The van der Waals surface area contributed by atoms with Crippen molar-refractivity contribution in [3.63, 3.8) is 0 Å². The fourth-order valence-electron chi connectivity index (χ4n) is 1.77. The van der Waals surface area contributed by atoms with Crippen LogP contribution in [0.2, 0.25) is 0 Å². The summed E-state index contributed by atoms with van der Waals surface area (Å²) in [5, 5.41) is 0. The van der Waals surface area contributed by atoms with E-state index in [2.05, 4.69) is 4.98 Å². The van der Waals surface area contributed by atoms with Crippen LogP contribution in [0.5, 0.6) is 5.88 Å². The monoisotopic (exact) mass is 222 g/mol. The van der Waals surface area contributed by atoms with E-state index in [9.17, 15) is 0 Å². The number of anilines is 1. The van der Waals surface area contributed by atoms with Gasteiger partial charge in [-0.2, -0.15) is 0 Å². The van der Waals surface area contributed by atoms with Crippen molar-refractivity contribution in [2.75, 3.05) is 25.6 Å². The Morgan fingerprint density at radius 3 is 2.94 bits per heavy atom. The number of nitrogens with two attached hydrogens (primary N) is 1. The van der Waals surface area contributed by atoms with Crippen LogP contribution in [0.25, 0.3) is 0 Å². The molecule has 0 spiro atoms. The molecule has 0 saturated carbocycles. The summed E-state index contributed by atoms with van der Waals surface area (Å²) >= 11 is 0. The van der Waals surface area contributed by atoms with Crippen LogP contribution < -0.4 is 10.5 Å². The Kier molecular flexibility index (Phi) is 3.62. The van der Waals surface area contributed by atoms with E-state index in [4.69, 9.17) is 15.2 Å². The van der Waals surface area contributed by atoms with E-state index < -0.39 is 0 Å². The lowest BCUT2D eigenvalue weighted by molar-refractivity contribution is 0.0491. The van der Waals surface area contributed by atoms with Crippen molar-refractivity contribution in [3.8, 4) is 5.88 Å². The van der Waals surface area contributed by atoms with Gasteiger partial charge in [-0.1, -0.05) is 0 Å². The number of ether oxygens (including phenoxy) is 2. The second-order valence-corrected chi connectivity index (χ2v) is 4.21. The highest BCUT2D eigenvalue weighted by Crippen LogP contribution is 2.21. The van der Waals surface area contributed by atoms with Crippen molar-refractivity contribution in [1.29, 1.82) is 0 Å². The minimum Gasteiger partial charge on any atom is -0.476 e. The molecule has 16 heavy (non-hydrogen) atoms. The van der Waals surface area contributed by atoms with E-state index in [0.717, 1.165) is 31.7 Å². The standard InChI is InChI=1S/C12H18N2O2/c1-9-2-3-11(13)12(14-9)16-8-10-4-6-15-7-5-10/h2-3,10H,4-8,13H2,1H3. The SMILES string of the molecule is Cc1ccc(N)c(OCC2CCOCC2)n1. The summed E-state index contributed by atoms with van der Waals surface area (Å²) in [6.07, 6.45) is 2.12. The number of rotatable bonds is 3. The van der Waals surface area contributed by atoms with Gasteiger partial charge in [0.1, 0.15) is 0 Å². The second kappa shape index (κ2) is 5.16. The van der Waals surface area contributed by atoms with Gasteiger partial charge < -0.3 is 15.2 Å². The van der Waals surface area contributed by atoms with Crippen LogP contribution in [-0.2, 0) is 4.74 Å². The lowest BCUT2D eigenvalue weighted by Gasteiger charge is -2.22. The number of nitrogens with zero attached hydrogens (tertiary/aromatic N) is 1. The minimum atomic E-state index is 0.562. The topological polar surface area (TPSA) is 57.4 Å². The summed E-state index contributed by atoms with van der Waals surface area (Å²) in [6, 6.07) is 3.72. The average Bonchev–Trinajstić information content (AvgIpc) is 2.32. The molecule has 2 rings (SSSR count). The quantitative estimate of drug-likeness (QED) is 0.847. The third kappa shape index (κ3) is 2.85. The van der Waals surface area contributed by atoms with Crippen molar-refractivity contribution in [2.24, 2.45) is 5.92 Å². The van der Waals surface area contributed by atoms with Crippen LogP contribution in [0, 0.1) is 12.8 Å². The first kappa shape index (κ1) is 11.2. The van der Waals surface area contributed by atoms with E-state index in [0.29, 0.717) is 24.1 Å². The summed E-state index contributed by atoms with van der Waals surface area (Å²) in [5.41, 5.74) is 7.33. The molecule has 1 saturated heterocycles. The Balaban J connectivity index is 1.90. The zero-order valence-corrected chi connectivity index (χ0v) is 9.61. The maximum atomic E-state index is 5.79. The smallest absolute Gasteiger partial charge is 0.237 e. The molecule has 4 heteroatoms. The van der Waals surface area contributed by atoms with Crippen molar-refractivity contribution in [1.82, 2.24) is 4.98 Å². The van der Waals surface area contributed by atoms with Gasteiger partial charge >= 0.3 is 0 Å². The fourth-order valence-corrected chi connectivity index (χ4v) is 1.77. The highest BCUT2D eigenvalue weighted by atomic mass is 16.5. The molecule has 0 unspecified atom stereocenters. The Bertz CT molecular complexity index is 349. The van der Waals surface area contributed by atoms with Gasteiger partial charge in [0.25, 0.3) is 0 Å². The maximum absolute atomic E-state index is 5.79. The van der Waals surface area contributed by atoms with Crippen LogP contribution >= 0.6 is 0 Å². The molecule has 1 fully saturated rings. The Morgan fingerprint density at radius 1 is 1.44 bits per heavy atom. The van der Waals surface area contributed by atoms with Gasteiger partial charge in [-0.25, -0.2) is 4.98 Å². The molecule has 1 aromatic heterocycles. The van der Waals surface area contributed by atoms with Crippen LogP contribution in [0.1, 0.15) is 18.5 Å². The number of nitrogen functional groups attached to an aromatic ring is 1. The summed E-state index contributed by atoms with van der Waals surface area (Å²) in [4.78, 5) is 4.28. The molecule has 88 valence electrons. The molecule has 1 aromatic rings. The predicted octanol–water partition coefficient (Wildman–Crippen LogP) is 1.78. The molecule has 2 heterocycles. The molecule has 0 amide bonds. The molecule has 0 aliphatic carbocycles. The second-order valence-electron chi connectivity index (χ2n) is 4.21. The first-order valence-corrected chi connectivity index (χ1v) is 5.69. The molecular weight excluding hydrogens is 204 g/mol.